The number of aryl methyl sites for hydroxylation is 1. The smallest absolute Gasteiger partial charge is 0.125 e. The van der Waals surface area contributed by atoms with E-state index in [4.69, 9.17) is 0 Å². The fraction of sp³-hybridized carbons (Fsp3) is 0.200. The summed E-state index contributed by atoms with van der Waals surface area (Å²) < 4.78 is 14.5. The van der Waals surface area contributed by atoms with Crippen LogP contribution in [0.3, 0.4) is 0 Å². The number of aromatic nitrogens is 3. The molecule has 3 nitrogen and oxygen atoms in total. The van der Waals surface area contributed by atoms with Crippen LogP contribution in [0.1, 0.15) is 12.6 Å². The molecule has 1 aromatic carbocycles. The van der Waals surface area contributed by atoms with Crippen molar-refractivity contribution >= 4 is 0 Å². The lowest BCUT2D eigenvalue weighted by Crippen LogP contribution is -1.94. The van der Waals surface area contributed by atoms with Gasteiger partial charge in [0, 0.05) is 0 Å². The Labute approximate surface area is 81.2 Å². The van der Waals surface area contributed by atoms with Crippen molar-refractivity contribution in [3.05, 3.63) is 42.0 Å². The molecule has 0 spiro atoms. The SMILES string of the molecule is CCc1cn(-c2cccc(F)c2)nn1. The lowest BCUT2D eigenvalue weighted by molar-refractivity contribution is 0.625. The van der Waals surface area contributed by atoms with Gasteiger partial charge >= 0.3 is 0 Å². The largest absolute Gasteiger partial charge is 0.220 e. The molecule has 0 fully saturated rings. The first-order valence-corrected chi connectivity index (χ1v) is 4.47. The maximum atomic E-state index is 12.9. The van der Waals surface area contributed by atoms with E-state index < -0.39 is 0 Å². The van der Waals surface area contributed by atoms with Crippen molar-refractivity contribution in [3.63, 3.8) is 0 Å². The number of nitrogens with zero attached hydrogens (tertiary/aromatic N) is 3. The highest BCUT2D eigenvalue weighted by Gasteiger charge is 2.01. The minimum Gasteiger partial charge on any atom is -0.220 e. The topological polar surface area (TPSA) is 30.7 Å². The van der Waals surface area contributed by atoms with Gasteiger partial charge in [-0.15, -0.1) is 5.10 Å². The van der Waals surface area contributed by atoms with Gasteiger partial charge in [0.15, 0.2) is 0 Å². The molecule has 0 aliphatic rings. The second-order valence-electron chi connectivity index (χ2n) is 2.99. The Balaban J connectivity index is 2.39. The third-order valence-electron chi connectivity index (χ3n) is 1.98. The molecule has 2 aromatic rings. The molecule has 0 bridgehead atoms. The Morgan fingerprint density at radius 2 is 2.29 bits per heavy atom. The molecule has 1 heterocycles. The van der Waals surface area contributed by atoms with Crippen LogP contribution in [0.2, 0.25) is 0 Å². The van der Waals surface area contributed by atoms with E-state index in [2.05, 4.69) is 10.3 Å². The van der Waals surface area contributed by atoms with Crippen molar-refractivity contribution in [1.29, 1.82) is 0 Å². The first-order chi connectivity index (χ1) is 6.79. The zero-order chi connectivity index (χ0) is 9.97. The summed E-state index contributed by atoms with van der Waals surface area (Å²) in [6.45, 7) is 2.00. The second kappa shape index (κ2) is 3.57. The van der Waals surface area contributed by atoms with E-state index in [-0.39, 0.29) is 5.82 Å². The molecule has 72 valence electrons. The quantitative estimate of drug-likeness (QED) is 0.726. The van der Waals surface area contributed by atoms with Gasteiger partial charge in [-0.3, -0.25) is 0 Å². The average molecular weight is 191 g/mol. The van der Waals surface area contributed by atoms with Crippen LogP contribution < -0.4 is 0 Å². The maximum absolute atomic E-state index is 12.9. The minimum absolute atomic E-state index is 0.268. The highest BCUT2D eigenvalue weighted by molar-refractivity contribution is 5.30. The van der Waals surface area contributed by atoms with Gasteiger partial charge in [0.25, 0.3) is 0 Å². The Morgan fingerprint density at radius 3 is 2.93 bits per heavy atom. The second-order valence-corrected chi connectivity index (χ2v) is 2.99. The Bertz CT molecular complexity index is 436. The van der Waals surface area contributed by atoms with Crippen LogP contribution in [0.5, 0.6) is 0 Å². The van der Waals surface area contributed by atoms with Crippen molar-refractivity contribution in [3.8, 4) is 5.69 Å². The Kier molecular flexibility index (Phi) is 2.26. The van der Waals surface area contributed by atoms with Crippen LogP contribution in [0.15, 0.2) is 30.5 Å². The summed E-state index contributed by atoms with van der Waals surface area (Å²) in [5.41, 5.74) is 1.59. The molecule has 4 heteroatoms. The molecule has 0 saturated carbocycles. The van der Waals surface area contributed by atoms with Crippen molar-refractivity contribution in [2.75, 3.05) is 0 Å². The molecule has 0 atom stereocenters. The molecule has 0 radical (unpaired) electrons. The number of benzene rings is 1. The van der Waals surface area contributed by atoms with E-state index in [0.29, 0.717) is 5.69 Å². The van der Waals surface area contributed by atoms with Crippen molar-refractivity contribution in [1.82, 2.24) is 15.0 Å². The summed E-state index contributed by atoms with van der Waals surface area (Å²) in [6.07, 6.45) is 2.63. The van der Waals surface area contributed by atoms with Crippen LogP contribution in [-0.4, -0.2) is 15.0 Å². The first-order valence-electron chi connectivity index (χ1n) is 4.47. The maximum Gasteiger partial charge on any atom is 0.125 e. The standard InChI is InChI=1S/C10H10FN3/c1-2-9-7-14(13-12-9)10-5-3-4-8(11)6-10/h3-7H,2H2,1H3. The Hall–Kier alpha value is -1.71. The van der Waals surface area contributed by atoms with Crippen LogP contribution in [0.4, 0.5) is 4.39 Å². The van der Waals surface area contributed by atoms with Crippen LogP contribution in [-0.2, 0) is 6.42 Å². The van der Waals surface area contributed by atoms with Crippen molar-refractivity contribution < 1.29 is 4.39 Å². The fourth-order valence-electron chi connectivity index (χ4n) is 1.21. The van der Waals surface area contributed by atoms with Gasteiger partial charge in [-0.05, 0) is 24.6 Å². The lowest BCUT2D eigenvalue weighted by Gasteiger charge is -1.98. The van der Waals surface area contributed by atoms with Crippen LogP contribution >= 0.6 is 0 Å². The fourth-order valence-corrected chi connectivity index (χ4v) is 1.21. The minimum atomic E-state index is -0.268. The van der Waals surface area contributed by atoms with Crippen molar-refractivity contribution in [2.45, 2.75) is 13.3 Å². The summed E-state index contributed by atoms with van der Waals surface area (Å²) in [5, 5.41) is 7.83. The predicted molar refractivity (Wildman–Crippen MR) is 50.7 cm³/mol. The molecule has 0 amide bonds. The highest BCUT2D eigenvalue weighted by atomic mass is 19.1. The normalized spacial score (nSPS) is 10.4. The van der Waals surface area contributed by atoms with E-state index >= 15 is 0 Å². The summed E-state index contributed by atoms with van der Waals surface area (Å²) in [6, 6.07) is 6.27. The van der Waals surface area contributed by atoms with Crippen molar-refractivity contribution in [2.24, 2.45) is 0 Å². The van der Waals surface area contributed by atoms with E-state index in [0.717, 1.165) is 12.1 Å². The summed E-state index contributed by atoms with van der Waals surface area (Å²) in [4.78, 5) is 0. The number of halogens is 1. The monoisotopic (exact) mass is 191 g/mol. The molecule has 1 aromatic heterocycles. The molecule has 0 aliphatic heterocycles. The van der Waals surface area contributed by atoms with Crippen LogP contribution in [0.25, 0.3) is 5.69 Å². The van der Waals surface area contributed by atoms with E-state index in [1.165, 1.54) is 12.1 Å². The van der Waals surface area contributed by atoms with Gasteiger partial charge in [-0.2, -0.15) is 0 Å². The van der Waals surface area contributed by atoms with Crippen LogP contribution in [0, 0.1) is 5.82 Å². The average Bonchev–Trinajstić information content (AvgIpc) is 2.66. The van der Waals surface area contributed by atoms with Gasteiger partial charge in [-0.1, -0.05) is 18.2 Å². The van der Waals surface area contributed by atoms with Gasteiger partial charge in [-0.25, -0.2) is 9.07 Å². The zero-order valence-corrected chi connectivity index (χ0v) is 7.81. The molecular formula is C10H10FN3. The molecule has 0 aliphatic carbocycles. The van der Waals surface area contributed by atoms with Gasteiger partial charge in [0.2, 0.25) is 0 Å². The Morgan fingerprint density at radius 1 is 1.43 bits per heavy atom. The molecule has 14 heavy (non-hydrogen) atoms. The zero-order valence-electron chi connectivity index (χ0n) is 7.81. The third-order valence-corrected chi connectivity index (χ3v) is 1.98. The first kappa shape index (κ1) is 8.87. The highest BCUT2D eigenvalue weighted by Crippen LogP contribution is 2.08. The molecule has 2 rings (SSSR count). The number of hydrogen-bond donors (Lipinski definition) is 0. The lowest BCUT2D eigenvalue weighted by atomic mass is 10.3. The van der Waals surface area contributed by atoms with Gasteiger partial charge in [0.05, 0.1) is 17.6 Å². The molecular weight excluding hydrogens is 181 g/mol. The summed E-state index contributed by atoms with van der Waals surface area (Å²) >= 11 is 0. The molecule has 0 N–H and O–H groups in total. The summed E-state index contributed by atoms with van der Waals surface area (Å²) in [7, 11) is 0. The number of rotatable bonds is 2. The predicted octanol–water partition coefficient (Wildman–Crippen LogP) is 1.97. The molecule has 0 saturated heterocycles. The van der Waals surface area contributed by atoms with E-state index in [9.17, 15) is 4.39 Å². The number of hydrogen-bond acceptors (Lipinski definition) is 2. The summed E-state index contributed by atoms with van der Waals surface area (Å²) in [5.74, 6) is -0.268. The van der Waals surface area contributed by atoms with Gasteiger partial charge in [0.1, 0.15) is 5.82 Å². The molecule has 0 unspecified atom stereocenters. The van der Waals surface area contributed by atoms with E-state index in [1.54, 1.807) is 23.0 Å². The van der Waals surface area contributed by atoms with E-state index in [1.807, 2.05) is 6.92 Å². The van der Waals surface area contributed by atoms with Gasteiger partial charge < -0.3 is 0 Å². The third kappa shape index (κ3) is 1.64.